The van der Waals surface area contributed by atoms with E-state index < -0.39 is 11.7 Å². The summed E-state index contributed by atoms with van der Waals surface area (Å²) in [6.07, 6.45) is 2.17. The summed E-state index contributed by atoms with van der Waals surface area (Å²) in [6.45, 7) is 7.39. The number of ether oxygens (including phenoxy) is 1. The molecule has 0 aromatic heterocycles. The van der Waals surface area contributed by atoms with Gasteiger partial charge in [-0.15, -0.1) is 0 Å². The molecule has 0 heterocycles. The van der Waals surface area contributed by atoms with Gasteiger partial charge in [0.25, 0.3) is 0 Å². The maximum atomic E-state index is 12.0. The standard InChI is InChI=1S/C13H23NO3/c1-6-10(11(15)9-7-8-9)14(5)12(16)17-13(2,3)4/h9-10H,6-8H2,1-5H3. The fraction of sp³-hybridized carbons (Fsp3) is 0.846. The Morgan fingerprint density at radius 2 is 1.88 bits per heavy atom. The quantitative estimate of drug-likeness (QED) is 0.760. The Bertz CT molecular complexity index is 302. The molecule has 1 saturated carbocycles. The largest absolute Gasteiger partial charge is 0.444 e. The number of carbonyl (C=O) groups excluding carboxylic acids is 2. The Morgan fingerprint density at radius 1 is 1.35 bits per heavy atom. The number of likely N-dealkylation sites (N-methyl/N-ethyl adjacent to an activating group) is 1. The van der Waals surface area contributed by atoms with E-state index in [1.54, 1.807) is 7.05 Å². The minimum absolute atomic E-state index is 0.171. The Kier molecular flexibility index (Phi) is 4.17. The molecule has 0 bridgehead atoms. The van der Waals surface area contributed by atoms with Crippen LogP contribution in [0.15, 0.2) is 0 Å². The topological polar surface area (TPSA) is 46.6 Å². The highest BCUT2D eigenvalue weighted by atomic mass is 16.6. The Hall–Kier alpha value is -1.06. The number of carbonyl (C=O) groups is 2. The summed E-state index contributed by atoms with van der Waals surface area (Å²) in [5.74, 6) is 0.352. The van der Waals surface area contributed by atoms with Gasteiger partial charge in [-0.3, -0.25) is 4.79 Å². The first kappa shape index (κ1) is 14.0. The van der Waals surface area contributed by atoms with Gasteiger partial charge in [-0.1, -0.05) is 6.92 Å². The molecule has 0 radical (unpaired) electrons. The first-order chi connectivity index (χ1) is 7.76. The van der Waals surface area contributed by atoms with Gasteiger partial charge < -0.3 is 9.64 Å². The lowest BCUT2D eigenvalue weighted by atomic mass is 10.1. The zero-order chi connectivity index (χ0) is 13.2. The van der Waals surface area contributed by atoms with E-state index in [1.807, 2.05) is 27.7 Å². The van der Waals surface area contributed by atoms with E-state index in [2.05, 4.69) is 0 Å². The van der Waals surface area contributed by atoms with E-state index in [1.165, 1.54) is 4.90 Å². The summed E-state index contributed by atoms with van der Waals surface area (Å²) in [4.78, 5) is 25.3. The van der Waals surface area contributed by atoms with Crippen molar-refractivity contribution in [1.29, 1.82) is 0 Å². The van der Waals surface area contributed by atoms with Crippen LogP contribution < -0.4 is 0 Å². The van der Waals surface area contributed by atoms with Crippen LogP contribution in [0.3, 0.4) is 0 Å². The van der Waals surface area contributed by atoms with E-state index in [-0.39, 0.29) is 17.7 Å². The van der Waals surface area contributed by atoms with Gasteiger partial charge in [-0.2, -0.15) is 0 Å². The molecule has 4 heteroatoms. The number of ketones is 1. The lowest BCUT2D eigenvalue weighted by Crippen LogP contribution is -2.45. The zero-order valence-corrected chi connectivity index (χ0v) is 11.4. The second kappa shape index (κ2) is 5.07. The zero-order valence-electron chi connectivity index (χ0n) is 11.4. The molecule has 17 heavy (non-hydrogen) atoms. The predicted octanol–water partition coefficient (Wildman–Crippen LogP) is 2.61. The maximum absolute atomic E-state index is 12.0. The number of nitrogens with zero attached hydrogens (tertiary/aromatic N) is 1. The van der Waals surface area contributed by atoms with Crippen molar-refractivity contribution in [3.8, 4) is 0 Å². The van der Waals surface area contributed by atoms with Gasteiger partial charge in [0.2, 0.25) is 0 Å². The lowest BCUT2D eigenvalue weighted by molar-refractivity contribution is -0.125. The average molecular weight is 241 g/mol. The number of hydrogen-bond donors (Lipinski definition) is 0. The molecule has 1 fully saturated rings. The Labute approximate surface area is 103 Å². The summed E-state index contributed by atoms with van der Waals surface area (Å²) >= 11 is 0. The fourth-order valence-corrected chi connectivity index (χ4v) is 1.77. The van der Waals surface area contributed by atoms with Crippen LogP contribution in [0, 0.1) is 5.92 Å². The molecule has 0 aromatic rings. The molecular formula is C13H23NO3. The molecule has 1 aliphatic carbocycles. The second-order valence-electron chi connectivity index (χ2n) is 5.69. The van der Waals surface area contributed by atoms with Crippen molar-refractivity contribution in [2.75, 3.05) is 7.05 Å². The van der Waals surface area contributed by atoms with Crippen LogP contribution in [0.1, 0.15) is 47.0 Å². The third kappa shape index (κ3) is 4.02. The Balaban J connectivity index is 2.61. The van der Waals surface area contributed by atoms with Gasteiger partial charge in [0.15, 0.2) is 5.78 Å². The van der Waals surface area contributed by atoms with E-state index in [4.69, 9.17) is 4.74 Å². The van der Waals surface area contributed by atoms with E-state index in [0.717, 1.165) is 12.8 Å². The first-order valence-electron chi connectivity index (χ1n) is 6.25. The molecule has 0 saturated heterocycles. The summed E-state index contributed by atoms with van der Waals surface area (Å²) in [7, 11) is 1.64. The van der Waals surface area contributed by atoms with Gasteiger partial charge in [0.1, 0.15) is 5.60 Å². The minimum Gasteiger partial charge on any atom is -0.444 e. The maximum Gasteiger partial charge on any atom is 0.410 e. The van der Waals surface area contributed by atoms with E-state index in [0.29, 0.717) is 6.42 Å². The lowest BCUT2D eigenvalue weighted by Gasteiger charge is -2.29. The highest BCUT2D eigenvalue weighted by Gasteiger charge is 2.37. The van der Waals surface area contributed by atoms with Crippen molar-refractivity contribution in [3.05, 3.63) is 0 Å². The van der Waals surface area contributed by atoms with Crippen LogP contribution >= 0.6 is 0 Å². The monoisotopic (exact) mass is 241 g/mol. The van der Waals surface area contributed by atoms with Crippen LogP contribution in [0.2, 0.25) is 0 Å². The van der Waals surface area contributed by atoms with Crippen LogP contribution in [-0.2, 0) is 9.53 Å². The van der Waals surface area contributed by atoms with Crippen molar-refractivity contribution in [2.24, 2.45) is 5.92 Å². The van der Waals surface area contributed by atoms with Crippen molar-refractivity contribution in [3.63, 3.8) is 0 Å². The molecule has 1 unspecified atom stereocenters. The van der Waals surface area contributed by atoms with Gasteiger partial charge in [0.05, 0.1) is 6.04 Å². The van der Waals surface area contributed by atoms with Gasteiger partial charge >= 0.3 is 6.09 Å². The normalized spacial score (nSPS) is 17.5. The van der Waals surface area contributed by atoms with E-state index >= 15 is 0 Å². The SMILES string of the molecule is CCC(C(=O)C1CC1)N(C)C(=O)OC(C)(C)C. The predicted molar refractivity (Wildman–Crippen MR) is 65.8 cm³/mol. The molecule has 0 aliphatic heterocycles. The number of rotatable bonds is 4. The fourth-order valence-electron chi connectivity index (χ4n) is 1.77. The van der Waals surface area contributed by atoms with Crippen molar-refractivity contribution < 1.29 is 14.3 Å². The summed E-state index contributed by atoms with van der Waals surface area (Å²) in [6, 6.07) is -0.336. The average Bonchev–Trinajstić information content (AvgIpc) is 2.98. The van der Waals surface area contributed by atoms with Crippen LogP contribution in [0.25, 0.3) is 0 Å². The van der Waals surface area contributed by atoms with Gasteiger partial charge in [-0.05, 0) is 40.0 Å². The molecule has 4 nitrogen and oxygen atoms in total. The summed E-state index contributed by atoms with van der Waals surface area (Å²) < 4.78 is 5.27. The van der Waals surface area contributed by atoms with Crippen molar-refractivity contribution in [2.45, 2.75) is 58.6 Å². The molecule has 1 aliphatic rings. The second-order valence-corrected chi connectivity index (χ2v) is 5.69. The van der Waals surface area contributed by atoms with Gasteiger partial charge in [-0.25, -0.2) is 4.79 Å². The Morgan fingerprint density at radius 3 is 2.24 bits per heavy atom. The summed E-state index contributed by atoms with van der Waals surface area (Å²) in [5.41, 5.74) is -0.522. The van der Waals surface area contributed by atoms with Crippen LogP contribution in [0.4, 0.5) is 4.79 Å². The smallest absolute Gasteiger partial charge is 0.410 e. The van der Waals surface area contributed by atoms with Crippen LogP contribution in [-0.4, -0.2) is 35.5 Å². The minimum atomic E-state index is -0.522. The molecule has 1 amide bonds. The molecule has 0 spiro atoms. The van der Waals surface area contributed by atoms with E-state index in [9.17, 15) is 9.59 Å². The molecule has 0 N–H and O–H groups in total. The number of Topliss-reactive ketones (excluding diaryl/α,β-unsaturated/α-hetero) is 1. The summed E-state index contributed by atoms with van der Waals surface area (Å²) in [5, 5.41) is 0. The van der Waals surface area contributed by atoms with Crippen molar-refractivity contribution >= 4 is 11.9 Å². The third-order valence-electron chi connectivity index (χ3n) is 2.84. The van der Waals surface area contributed by atoms with Gasteiger partial charge in [0, 0.05) is 13.0 Å². The number of hydrogen-bond acceptors (Lipinski definition) is 3. The molecule has 98 valence electrons. The molecule has 1 rings (SSSR count). The molecule has 0 aromatic carbocycles. The van der Waals surface area contributed by atoms with Crippen molar-refractivity contribution in [1.82, 2.24) is 4.90 Å². The number of amides is 1. The molecular weight excluding hydrogens is 218 g/mol. The highest BCUT2D eigenvalue weighted by molar-refractivity contribution is 5.90. The third-order valence-corrected chi connectivity index (χ3v) is 2.84. The van der Waals surface area contributed by atoms with Crippen LogP contribution in [0.5, 0.6) is 0 Å². The molecule has 1 atom stereocenters. The highest BCUT2D eigenvalue weighted by Crippen LogP contribution is 2.32. The first-order valence-corrected chi connectivity index (χ1v) is 6.25.